The van der Waals surface area contributed by atoms with Gasteiger partial charge < -0.3 is 15.8 Å². The highest BCUT2D eigenvalue weighted by Crippen LogP contribution is 2.16. The Bertz CT molecular complexity index is 678. The van der Waals surface area contributed by atoms with Crippen LogP contribution in [0.15, 0.2) is 48.5 Å². The van der Waals surface area contributed by atoms with Crippen molar-refractivity contribution in [2.24, 2.45) is 5.73 Å². The van der Waals surface area contributed by atoms with Gasteiger partial charge in [0, 0.05) is 0 Å². The van der Waals surface area contributed by atoms with E-state index in [1.165, 1.54) is 0 Å². The van der Waals surface area contributed by atoms with Crippen molar-refractivity contribution in [2.45, 2.75) is 19.9 Å². The zero-order valence-corrected chi connectivity index (χ0v) is 13.2. The van der Waals surface area contributed by atoms with Gasteiger partial charge in [-0.15, -0.1) is 0 Å². The first-order chi connectivity index (χ1) is 11.0. The number of aryl methyl sites for hydroxylation is 2. The number of carbonyl (C=O) groups is 2. The first-order valence-corrected chi connectivity index (χ1v) is 7.30. The SMILES string of the molecule is Cc1cc(C)cc(OCC(=O)N[C@@H](C(N)=O)c2ccccc2)c1. The van der Waals surface area contributed by atoms with Crippen LogP contribution in [0.4, 0.5) is 0 Å². The van der Waals surface area contributed by atoms with Crippen molar-refractivity contribution in [1.82, 2.24) is 5.32 Å². The summed E-state index contributed by atoms with van der Waals surface area (Å²) in [6, 6.07) is 13.7. The summed E-state index contributed by atoms with van der Waals surface area (Å²) in [7, 11) is 0. The third-order valence-corrected chi connectivity index (χ3v) is 3.29. The molecule has 5 nitrogen and oxygen atoms in total. The molecule has 0 heterocycles. The van der Waals surface area contributed by atoms with E-state index in [2.05, 4.69) is 5.32 Å². The molecule has 0 aliphatic carbocycles. The Hall–Kier alpha value is -2.82. The largest absolute Gasteiger partial charge is 0.484 e. The van der Waals surface area contributed by atoms with Crippen molar-refractivity contribution in [1.29, 1.82) is 0 Å². The smallest absolute Gasteiger partial charge is 0.258 e. The first kappa shape index (κ1) is 16.5. The van der Waals surface area contributed by atoms with Crippen LogP contribution in [0.5, 0.6) is 5.75 Å². The van der Waals surface area contributed by atoms with Crippen LogP contribution in [0.1, 0.15) is 22.7 Å². The molecule has 3 N–H and O–H groups in total. The van der Waals surface area contributed by atoms with Crippen LogP contribution < -0.4 is 15.8 Å². The van der Waals surface area contributed by atoms with E-state index in [9.17, 15) is 9.59 Å². The Morgan fingerprint density at radius 2 is 1.70 bits per heavy atom. The second-order valence-corrected chi connectivity index (χ2v) is 5.43. The van der Waals surface area contributed by atoms with Crippen molar-refractivity contribution in [3.63, 3.8) is 0 Å². The summed E-state index contributed by atoms with van der Waals surface area (Å²) in [4.78, 5) is 23.6. The Morgan fingerprint density at radius 3 is 2.26 bits per heavy atom. The molecule has 0 radical (unpaired) electrons. The highest BCUT2D eigenvalue weighted by Gasteiger charge is 2.20. The second-order valence-electron chi connectivity index (χ2n) is 5.43. The van der Waals surface area contributed by atoms with Gasteiger partial charge in [-0.1, -0.05) is 36.4 Å². The number of ether oxygens (including phenoxy) is 1. The normalized spacial score (nSPS) is 11.6. The Morgan fingerprint density at radius 1 is 1.09 bits per heavy atom. The van der Waals surface area contributed by atoms with Gasteiger partial charge in [-0.25, -0.2) is 0 Å². The van der Waals surface area contributed by atoms with E-state index in [0.717, 1.165) is 11.1 Å². The maximum atomic E-state index is 12.0. The molecule has 2 amide bonds. The fourth-order valence-corrected chi connectivity index (χ4v) is 2.33. The lowest BCUT2D eigenvalue weighted by Gasteiger charge is -2.16. The number of nitrogens with one attached hydrogen (secondary N) is 1. The van der Waals surface area contributed by atoms with E-state index in [1.54, 1.807) is 24.3 Å². The van der Waals surface area contributed by atoms with Crippen LogP contribution in [0.25, 0.3) is 0 Å². The van der Waals surface area contributed by atoms with Gasteiger partial charge in [0.2, 0.25) is 5.91 Å². The molecule has 0 spiro atoms. The lowest BCUT2D eigenvalue weighted by Crippen LogP contribution is -2.39. The maximum absolute atomic E-state index is 12.0. The van der Waals surface area contributed by atoms with Crippen LogP contribution in [0, 0.1) is 13.8 Å². The molecule has 120 valence electrons. The van der Waals surface area contributed by atoms with Gasteiger partial charge in [0.15, 0.2) is 6.61 Å². The van der Waals surface area contributed by atoms with Gasteiger partial charge >= 0.3 is 0 Å². The molecule has 0 aromatic heterocycles. The molecule has 0 aliphatic rings. The van der Waals surface area contributed by atoms with Crippen LogP contribution in [-0.2, 0) is 9.59 Å². The summed E-state index contributed by atoms with van der Waals surface area (Å²) in [5, 5.41) is 2.59. The van der Waals surface area contributed by atoms with Gasteiger partial charge in [0.1, 0.15) is 11.8 Å². The van der Waals surface area contributed by atoms with Crippen molar-refractivity contribution < 1.29 is 14.3 Å². The minimum absolute atomic E-state index is 0.181. The topological polar surface area (TPSA) is 81.4 Å². The number of rotatable bonds is 6. The first-order valence-electron chi connectivity index (χ1n) is 7.30. The average Bonchev–Trinajstić information content (AvgIpc) is 2.50. The maximum Gasteiger partial charge on any atom is 0.258 e. The molecular formula is C18H20N2O3. The molecule has 2 aromatic rings. The van der Waals surface area contributed by atoms with Gasteiger partial charge in [-0.05, 0) is 42.7 Å². The predicted molar refractivity (Wildman–Crippen MR) is 87.9 cm³/mol. The molecule has 2 aromatic carbocycles. The number of hydrogen-bond donors (Lipinski definition) is 2. The summed E-state index contributed by atoms with van der Waals surface area (Å²) >= 11 is 0. The Labute approximate surface area is 135 Å². The van der Waals surface area contributed by atoms with E-state index in [1.807, 2.05) is 38.1 Å². The zero-order chi connectivity index (χ0) is 16.8. The number of carbonyl (C=O) groups excluding carboxylic acids is 2. The van der Waals surface area contributed by atoms with Crippen molar-refractivity contribution in [2.75, 3.05) is 6.61 Å². The third-order valence-electron chi connectivity index (χ3n) is 3.29. The molecular weight excluding hydrogens is 292 g/mol. The molecule has 1 atom stereocenters. The van der Waals surface area contributed by atoms with Crippen LogP contribution in [0.2, 0.25) is 0 Å². The van der Waals surface area contributed by atoms with Gasteiger partial charge in [-0.3, -0.25) is 9.59 Å². The number of nitrogens with two attached hydrogens (primary N) is 1. The third kappa shape index (κ3) is 4.85. The molecule has 0 unspecified atom stereocenters. The Balaban J connectivity index is 1.98. The van der Waals surface area contributed by atoms with Crippen LogP contribution >= 0.6 is 0 Å². The van der Waals surface area contributed by atoms with Crippen molar-refractivity contribution in [3.8, 4) is 5.75 Å². The summed E-state index contributed by atoms with van der Waals surface area (Å²) in [6.45, 7) is 3.73. The van der Waals surface area contributed by atoms with Crippen molar-refractivity contribution >= 4 is 11.8 Å². The molecule has 2 rings (SSSR count). The highest BCUT2D eigenvalue weighted by molar-refractivity contribution is 5.88. The standard InChI is InChI=1S/C18H20N2O3/c1-12-8-13(2)10-15(9-12)23-11-16(21)20-17(18(19)22)14-6-4-3-5-7-14/h3-10,17H,11H2,1-2H3,(H2,19,22)(H,20,21)/t17-/m1/s1. The molecule has 0 bridgehead atoms. The van der Waals surface area contributed by atoms with E-state index in [4.69, 9.17) is 10.5 Å². The van der Waals surface area contributed by atoms with Crippen LogP contribution in [0.3, 0.4) is 0 Å². The monoisotopic (exact) mass is 312 g/mol. The molecule has 5 heteroatoms. The van der Waals surface area contributed by atoms with E-state index < -0.39 is 17.9 Å². The minimum Gasteiger partial charge on any atom is -0.484 e. The van der Waals surface area contributed by atoms with E-state index in [-0.39, 0.29) is 6.61 Å². The fraction of sp³-hybridized carbons (Fsp3) is 0.222. The van der Waals surface area contributed by atoms with Gasteiger partial charge in [0.05, 0.1) is 0 Å². The molecule has 0 saturated heterocycles. The number of amides is 2. The Kier molecular flexibility index (Phi) is 5.36. The quantitative estimate of drug-likeness (QED) is 0.856. The number of hydrogen-bond acceptors (Lipinski definition) is 3. The molecule has 23 heavy (non-hydrogen) atoms. The summed E-state index contributed by atoms with van der Waals surface area (Å²) in [6.07, 6.45) is 0. The molecule has 0 aliphatic heterocycles. The summed E-state index contributed by atoms with van der Waals surface area (Å²) < 4.78 is 5.48. The predicted octanol–water partition coefficient (Wildman–Crippen LogP) is 2.03. The van der Waals surface area contributed by atoms with Gasteiger partial charge in [0.25, 0.3) is 5.91 Å². The number of benzene rings is 2. The zero-order valence-electron chi connectivity index (χ0n) is 13.2. The summed E-state index contributed by atoms with van der Waals surface area (Å²) in [5.41, 5.74) is 8.12. The number of primary amides is 1. The second kappa shape index (κ2) is 7.45. The lowest BCUT2D eigenvalue weighted by molar-refractivity contribution is -0.128. The van der Waals surface area contributed by atoms with Gasteiger partial charge in [-0.2, -0.15) is 0 Å². The molecule has 0 fully saturated rings. The van der Waals surface area contributed by atoms with Crippen LogP contribution in [-0.4, -0.2) is 18.4 Å². The fourth-order valence-electron chi connectivity index (χ4n) is 2.33. The van der Waals surface area contributed by atoms with E-state index in [0.29, 0.717) is 11.3 Å². The van der Waals surface area contributed by atoms with Crippen molar-refractivity contribution in [3.05, 3.63) is 65.2 Å². The average molecular weight is 312 g/mol. The lowest BCUT2D eigenvalue weighted by atomic mass is 10.1. The summed E-state index contributed by atoms with van der Waals surface area (Å²) in [5.74, 6) is -0.402. The van der Waals surface area contributed by atoms with E-state index >= 15 is 0 Å². The minimum atomic E-state index is -0.869. The molecule has 0 saturated carbocycles. The highest BCUT2D eigenvalue weighted by atomic mass is 16.5.